The summed E-state index contributed by atoms with van der Waals surface area (Å²) in [5.74, 6) is 2.38. The summed E-state index contributed by atoms with van der Waals surface area (Å²) in [5.41, 5.74) is 1.43. The van der Waals surface area contributed by atoms with E-state index in [0.717, 1.165) is 25.3 Å². The highest BCUT2D eigenvalue weighted by molar-refractivity contribution is 7.10. The molecule has 0 radical (unpaired) electrons. The van der Waals surface area contributed by atoms with Crippen LogP contribution in [0.25, 0.3) is 0 Å². The van der Waals surface area contributed by atoms with Gasteiger partial charge in [0.25, 0.3) is 0 Å². The molecular weight excluding hydrogens is 266 g/mol. The highest BCUT2D eigenvalue weighted by atomic mass is 32.1. The Labute approximate surface area is 125 Å². The van der Waals surface area contributed by atoms with Crippen LogP contribution in [-0.2, 0) is 11.2 Å². The Hall–Kier alpha value is -0.830. The number of fused-ring (bicyclic) bond motifs is 3. The molecule has 1 aromatic rings. The molecule has 0 saturated heterocycles. The van der Waals surface area contributed by atoms with E-state index in [0.29, 0.717) is 23.8 Å². The van der Waals surface area contributed by atoms with Crippen LogP contribution in [0, 0.1) is 17.8 Å². The van der Waals surface area contributed by atoms with Gasteiger partial charge < -0.3 is 4.90 Å². The van der Waals surface area contributed by atoms with Crippen LogP contribution in [0.4, 0.5) is 0 Å². The quantitative estimate of drug-likeness (QED) is 0.805. The van der Waals surface area contributed by atoms with E-state index >= 15 is 0 Å². The van der Waals surface area contributed by atoms with Gasteiger partial charge in [0, 0.05) is 17.3 Å². The zero-order valence-electron chi connectivity index (χ0n) is 12.2. The molecule has 2 fully saturated rings. The highest BCUT2D eigenvalue weighted by Crippen LogP contribution is 2.50. The minimum Gasteiger partial charge on any atom is -0.335 e. The van der Waals surface area contributed by atoms with Crippen LogP contribution in [-0.4, -0.2) is 17.4 Å². The Morgan fingerprint density at radius 2 is 2.30 bits per heavy atom. The molecule has 3 heteroatoms. The first-order valence-electron chi connectivity index (χ1n) is 8.14. The molecule has 3 aliphatic rings. The first-order chi connectivity index (χ1) is 9.78. The first kappa shape index (κ1) is 12.9. The van der Waals surface area contributed by atoms with E-state index < -0.39 is 0 Å². The summed E-state index contributed by atoms with van der Waals surface area (Å²) in [6, 6.07) is 2.59. The van der Waals surface area contributed by atoms with Crippen molar-refractivity contribution in [1.29, 1.82) is 0 Å². The van der Waals surface area contributed by atoms with Gasteiger partial charge in [-0.3, -0.25) is 4.79 Å². The van der Waals surface area contributed by atoms with E-state index in [1.54, 1.807) is 0 Å². The van der Waals surface area contributed by atoms with Gasteiger partial charge in [-0.1, -0.05) is 13.3 Å². The molecule has 2 saturated carbocycles. The van der Waals surface area contributed by atoms with E-state index in [1.165, 1.54) is 36.1 Å². The lowest BCUT2D eigenvalue weighted by atomic mass is 9.86. The molecule has 4 rings (SSSR count). The molecule has 4 atom stereocenters. The number of carbonyl (C=O) groups is 1. The van der Waals surface area contributed by atoms with E-state index in [2.05, 4.69) is 23.3 Å². The van der Waals surface area contributed by atoms with Crippen molar-refractivity contribution < 1.29 is 4.79 Å². The van der Waals surface area contributed by atoms with Crippen LogP contribution in [0.5, 0.6) is 0 Å². The van der Waals surface area contributed by atoms with Crippen molar-refractivity contribution in [2.24, 2.45) is 17.8 Å². The molecule has 20 heavy (non-hydrogen) atoms. The fourth-order valence-electron chi connectivity index (χ4n) is 4.86. The zero-order chi connectivity index (χ0) is 13.7. The van der Waals surface area contributed by atoms with E-state index in [9.17, 15) is 4.79 Å². The van der Waals surface area contributed by atoms with Crippen LogP contribution < -0.4 is 0 Å². The lowest BCUT2D eigenvalue weighted by Crippen LogP contribution is -2.43. The Kier molecular flexibility index (Phi) is 3.13. The monoisotopic (exact) mass is 289 g/mol. The number of carbonyl (C=O) groups excluding carboxylic acids is 1. The smallest absolute Gasteiger partial charge is 0.226 e. The number of thiophene rings is 1. The van der Waals surface area contributed by atoms with Gasteiger partial charge in [-0.15, -0.1) is 11.3 Å². The summed E-state index contributed by atoms with van der Waals surface area (Å²) in [6.07, 6.45) is 7.29. The maximum Gasteiger partial charge on any atom is 0.226 e. The fraction of sp³-hybridized carbons (Fsp3) is 0.706. The Bertz CT molecular complexity index is 523. The summed E-state index contributed by atoms with van der Waals surface area (Å²) in [7, 11) is 0. The summed E-state index contributed by atoms with van der Waals surface area (Å²) >= 11 is 1.86. The van der Waals surface area contributed by atoms with Crippen LogP contribution in [0.2, 0.25) is 0 Å². The molecule has 1 aromatic heterocycles. The highest BCUT2D eigenvalue weighted by Gasteiger charge is 2.45. The van der Waals surface area contributed by atoms with Crippen molar-refractivity contribution in [3.8, 4) is 0 Å². The third kappa shape index (κ3) is 1.86. The maximum atomic E-state index is 13.0. The minimum atomic E-state index is 0.344. The normalized spacial score (nSPS) is 35.4. The molecule has 2 aliphatic carbocycles. The van der Waals surface area contributed by atoms with Crippen LogP contribution in [0.15, 0.2) is 11.4 Å². The number of rotatable bonds is 2. The molecule has 1 amide bonds. The van der Waals surface area contributed by atoms with Gasteiger partial charge >= 0.3 is 0 Å². The van der Waals surface area contributed by atoms with E-state index in [4.69, 9.17) is 0 Å². The van der Waals surface area contributed by atoms with Crippen molar-refractivity contribution in [3.63, 3.8) is 0 Å². The van der Waals surface area contributed by atoms with Gasteiger partial charge in [-0.2, -0.15) is 0 Å². The maximum absolute atomic E-state index is 13.0. The van der Waals surface area contributed by atoms with Crippen molar-refractivity contribution in [2.45, 2.75) is 51.5 Å². The number of amides is 1. The predicted octanol–water partition coefficient (Wildman–Crippen LogP) is 4.02. The largest absolute Gasteiger partial charge is 0.335 e. The Morgan fingerprint density at radius 3 is 3.00 bits per heavy atom. The Morgan fingerprint density at radius 1 is 1.40 bits per heavy atom. The first-order valence-corrected chi connectivity index (χ1v) is 9.02. The third-order valence-electron chi connectivity index (χ3n) is 5.82. The molecule has 2 heterocycles. The van der Waals surface area contributed by atoms with Gasteiger partial charge in [0.15, 0.2) is 0 Å². The van der Waals surface area contributed by atoms with Crippen molar-refractivity contribution >= 4 is 17.2 Å². The summed E-state index contributed by atoms with van der Waals surface area (Å²) in [5, 5.41) is 2.19. The lowest BCUT2D eigenvalue weighted by molar-refractivity contribution is -0.140. The van der Waals surface area contributed by atoms with Gasteiger partial charge in [0.1, 0.15) is 0 Å². The van der Waals surface area contributed by atoms with Crippen molar-refractivity contribution in [1.82, 2.24) is 4.90 Å². The van der Waals surface area contributed by atoms with Crippen LogP contribution in [0.1, 0.15) is 55.5 Å². The predicted molar refractivity (Wildman–Crippen MR) is 81.7 cm³/mol. The molecule has 1 aliphatic heterocycles. The number of hydrogen-bond acceptors (Lipinski definition) is 2. The molecule has 0 N–H and O–H groups in total. The SMILES string of the molecule is CC[C@H]1c2ccsc2CCN1C(=O)[C@@H]1C[C@H]2CC[C@H]1C2. The average molecular weight is 289 g/mol. The number of nitrogens with zero attached hydrogens (tertiary/aromatic N) is 1. The van der Waals surface area contributed by atoms with Crippen molar-refractivity contribution in [2.75, 3.05) is 6.54 Å². The van der Waals surface area contributed by atoms with E-state index in [-0.39, 0.29) is 0 Å². The summed E-state index contributed by atoms with van der Waals surface area (Å²) in [4.78, 5) is 16.8. The van der Waals surface area contributed by atoms with E-state index in [1.807, 2.05) is 11.3 Å². The van der Waals surface area contributed by atoms with Gasteiger partial charge in [-0.25, -0.2) is 0 Å². The number of hydrogen-bond donors (Lipinski definition) is 0. The van der Waals surface area contributed by atoms with Gasteiger partial charge in [-0.05, 0) is 60.9 Å². The molecule has 2 nitrogen and oxygen atoms in total. The molecule has 0 unspecified atom stereocenters. The van der Waals surface area contributed by atoms with Gasteiger partial charge in [0.05, 0.1) is 6.04 Å². The van der Waals surface area contributed by atoms with Crippen LogP contribution >= 0.6 is 11.3 Å². The molecule has 0 spiro atoms. The van der Waals surface area contributed by atoms with Gasteiger partial charge in [0.2, 0.25) is 5.91 Å². The molecular formula is C17H23NOS. The minimum absolute atomic E-state index is 0.344. The Balaban J connectivity index is 1.57. The lowest BCUT2D eigenvalue weighted by Gasteiger charge is -2.38. The standard InChI is InChI=1S/C17H23NOS/c1-2-15-13-6-8-20-16(13)5-7-18(15)17(19)14-10-11-3-4-12(14)9-11/h6,8,11-12,14-15H,2-5,7,9-10H2,1H3/t11-,12-,14+,15-/m0/s1. The molecule has 108 valence electrons. The summed E-state index contributed by atoms with van der Waals surface area (Å²) < 4.78 is 0. The summed E-state index contributed by atoms with van der Waals surface area (Å²) in [6.45, 7) is 3.16. The van der Waals surface area contributed by atoms with Crippen LogP contribution in [0.3, 0.4) is 0 Å². The second kappa shape index (κ2) is 4.87. The second-order valence-electron chi connectivity index (χ2n) is 6.79. The second-order valence-corrected chi connectivity index (χ2v) is 7.79. The zero-order valence-corrected chi connectivity index (χ0v) is 13.0. The molecule has 2 bridgehead atoms. The topological polar surface area (TPSA) is 20.3 Å². The fourth-order valence-corrected chi connectivity index (χ4v) is 5.79. The van der Waals surface area contributed by atoms with Crippen molar-refractivity contribution in [3.05, 3.63) is 21.9 Å². The third-order valence-corrected chi connectivity index (χ3v) is 6.82. The molecule has 0 aromatic carbocycles. The average Bonchev–Trinajstić information content (AvgIpc) is 3.20.